The van der Waals surface area contributed by atoms with Crippen molar-refractivity contribution >= 4 is 29.7 Å². The van der Waals surface area contributed by atoms with Gasteiger partial charge < -0.3 is 19.7 Å². The molecule has 7 heteroatoms. The molecule has 1 aliphatic rings. The van der Waals surface area contributed by atoms with Crippen LogP contribution in [-0.4, -0.2) is 48.7 Å². The molecule has 1 heterocycles. The number of aldehydes is 1. The molecule has 27 heavy (non-hydrogen) atoms. The zero-order valence-electron chi connectivity index (χ0n) is 16.3. The van der Waals surface area contributed by atoms with Crippen LogP contribution in [0.5, 0.6) is 0 Å². The molecule has 1 aromatic rings. The highest BCUT2D eigenvalue weighted by Gasteiger charge is 2.39. The van der Waals surface area contributed by atoms with Crippen LogP contribution in [0.25, 0.3) is 0 Å². The van der Waals surface area contributed by atoms with Gasteiger partial charge in [0.2, 0.25) is 5.91 Å². The highest BCUT2D eigenvalue weighted by molar-refractivity contribution is 6.34. The fraction of sp³-hybridized carbons (Fsp3) is 0.550. The van der Waals surface area contributed by atoms with Crippen LogP contribution in [-0.2, 0) is 20.9 Å². The molecular weight excluding hydrogens is 368 g/mol. The summed E-state index contributed by atoms with van der Waals surface area (Å²) in [5.41, 5.74) is 0.630. The Morgan fingerprint density at radius 1 is 1.41 bits per heavy atom. The number of benzene rings is 1. The Balaban J connectivity index is 2.22. The number of hydrogen-bond acceptors (Lipinski definition) is 4. The van der Waals surface area contributed by atoms with Gasteiger partial charge in [-0.15, -0.1) is 0 Å². The van der Waals surface area contributed by atoms with Gasteiger partial charge in [-0.25, -0.2) is 0 Å². The minimum absolute atomic E-state index is 0.238. The Morgan fingerprint density at radius 2 is 2.11 bits per heavy atom. The third-order valence-corrected chi connectivity index (χ3v) is 5.03. The van der Waals surface area contributed by atoms with E-state index in [1.54, 1.807) is 30.2 Å². The van der Waals surface area contributed by atoms with E-state index in [-0.39, 0.29) is 5.91 Å². The summed E-state index contributed by atoms with van der Waals surface area (Å²) in [5, 5.41) is 3.13. The molecule has 148 valence electrons. The van der Waals surface area contributed by atoms with E-state index < -0.39 is 23.4 Å². The molecule has 0 aliphatic carbocycles. The second kappa shape index (κ2) is 8.85. The second-order valence-corrected chi connectivity index (χ2v) is 8.30. The number of rotatable bonds is 6. The minimum Gasteiger partial charge on any atom is -0.380 e. The quantitative estimate of drug-likeness (QED) is 0.753. The summed E-state index contributed by atoms with van der Waals surface area (Å²) in [6.45, 7) is 6.56. The van der Waals surface area contributed by atoms with Crippen molar-refractivity contribution in [3.05, 3.63) is 34.3 Å². The number of amides is 2. The van der Waals surface area contributed by atoms with Gasteiger partial charge in [-0.05, 0) is 36.0 Å². The topological polar surface area (TPSA) is 75.7 Å². The molecule has 0 saturated carbocycles. The number of halogens is 1. The van der Waals surface area contributed by atoms with Gasteiger partial charge in [-0.2, -0.15) is 0 Å². The predicted molar refractivity (Wildman–Crippen MR) is 104 cm³/mol. The molecule has 0 unspecified atom stereocenters. The van der Waals surface area contributed by atoms with E-state index in [1.807, 2.05) is 20.8 Å². The smallest absolute Gasteiger partial charge is 0.253 e. The lowest BCUT2D eigenvalue weighted by Gasteiger charge is -2.34. The third-order valence-electron chi connectivity index (χ3n) is 4.72. The summed E-state index contributed by atoms with van der Waals surface area (Å²) in [6.07, 6.45) is 2.25. The minimum atomic E-state index is -0.764. The Kier molecular flexibility index (Phi) is 7.00. The molecule has 1 N–H and O–H groups in total. The van der Waals surface area contributed by atoms with Crippen molar-refractivity contribution in [3.63, 3.8) is 0 Å². The van der Waals surface area contributed by atoms with E-state index in [4.69, 9.17) is 16.3 Å². The zero-order chi connectivity index (χ0) is 20.2. The summed E-state index contributed by atoms with van der Waals surface area (Å²) in [7, 11) is 1.58. The van der Waals surface area contributed by atoms with Crippen LogP contribution < -0.4 is 5.32 Å². The van der Waals surface area contributed by atoms with Gasteiger partial charge in [0.1, 0.15) is 12.3 Å². The summed E-state index contributed by atoms with van der Waals surface area (Å²) in [5.74, 6) is -0.656. The van der Waals surface area contributed by atoms with Crippen LogP contribution in [0.4, 0.5) is 0 Å². The molecule has 1 saturated heterocycles. The maximum absolute atomic E-state index is 13.1. The molecule has 1 aromatic carbocycles. The number of carbonyl (C=O) groups excluding carboxylic acids is 3. The first-order valence-corrected chi connectivity index (χ1v) is 9.41. The largest absolute Gasteiger partial charge is 0.380 e. The maximum Gasteiger partial charge on any atom is 0.253 e. The Bertz CT molecular complexity index is 714. The highest BCUT2D eigenvalue weighted by atomic mass is 35.5. The second-order valence-electron chi connectivity index (χ2n) is 7.90. The number of methoxy groups -OCH3 is 1. The first kappa shape index (κ1) is 21.4. The number of carbonyl (C=O) groups is 3. The van der Waals surface area contributed by atoms with E-state index in [0.29, 0.717) is 30.2 Å². The normalized spacial score (nSPS) is 18.3. The van der Waals surface area contributed by atoms with E-state index in [1.165, 1.54) is 0 Å². The number of nitrogens with zero attached hydrogens (tertiary/aromatic N) is 1. The van der Waals surface area contributed by atoms with E-state index in [9.17, 15) is 14.4 Å². The average Bonchev–Trinajstić information content (AvgIpc) is 3.07. The van der Waals surface area contributed by atoms with Crippen LogP contribution in [0.2, 0.25) is 5.02 Å². The highest BCUT2D eigenvalue weighted by Crippen LogP contribution is 2.26. The van der Waals surface area contributed by atoms with Crippen LogP contribution in [0, 0.1) is 5.41 Å². The molecule has 2 amide bonds. The van der Waals surface area contributed by atoms with Crippen molar-refractivity contribution in [2.24, 2.45) is 5.41 Å². The molecule has 1 aliphatic heterocycles. The number of ether oxygens (including phenoxy) is 1. The first-order chi connectivity index (χ1) is 12.7. The predicted octanol–water partition coefficient (Wildman–Crippen LogP) is 2.82. The van der Waals surface area contributed by atoms with Crippen molar-refractivity contribution in [1.82, 2.24) is 10.2 Å². The maximum atomic E-state index is 13.1. The Labute approximate surface area is 165 Å². The van der Waals surface area contributed by atoms with Crippen LogP contribution in [0.3, 0.4) is 0 Å². The van der Waals surface area contributed by atoms with Gasteiger partial charge in [-0.1, -0.05) is 38.4 Å². The van der Waals surface area contributed by atoms with Gasteiger partial charge in [0.15, 0.2) is 0 Å². The first-order valence-electron chi connectivity index (χ1n) is 9.03. The zero-order valence-corrected chi connectivity index (χ0v) is 17.0. The molecule has 2 rings (SSSR count). The van der Waals surface area contributed by atoms with Gasteiger partial charge in [0, 0.05) is 13.7 Å². The van der Waals surface area contributed by atoms with Gasteiger partial charge in [0.25, 0.3) is 5.91 Å². The van der Waals surface area contributed by atoms with Crippen LogP contribution >= 0.6 is 11.6 Å². The lowest BCUT2D eigenvalue weighted by molar-refractivity contribution is -0.138. The Morgan fingerprint density at radius 3 is 2.67 bits per heavy atom. The number of likely N-dealkylation sites (tertiary alicyclic amines) is 1. The SMILES string of the molecule is COCc1ccc(C(=O)N[C@H](C(=O)N2CCC[C@H]2C=O)C(C)(C)C)c(Cl)c1. The molecule has 0 spiro atoms. The van der Waals surface area contributed by atoms with Gasteiger partial charge in [-0.3, -0.25) is 9.59 Å². The Hall–Kier alpha value is -1.92. The van der Waals surface area contributed by atoms with Crippen molar-refractivity contribution in [2.45, 2.75) is 52.3 Å². The van der Waals surface area contributed by atoms with Crippen molar-refractivity contribution in [1.29, 1.82) is 0 Å². The molecule has 0 radical (unpaired) electrons. The van der Waals surface area contributed by atoms with E-state index in [0.717, 1.165) is 18.3 Å². The third kappa shape index (κ3) is 5.08. The molecular formula is C20H27ClN2O4. The summed E-state index contributed by atoms with van der Waals surface area (Å²) >= 11 is 6.25. The molecule has 1 fully saturated rings. The molecule has 2 atom stereocenters. The fourth-order valence-corrected chi connectivity index (χ4v) is 3.52. The van der Waals surface area contributed by atoms with Gasteiger partial charge >= 0.3 is 0 Å². The fourth-order valence-electron chi connectivity index (χ4n) is 3.23. The summed E-state index contributed by atoms with van der Waals surface area (Å²) < 4.78 is 5.06. The van der Waals surface area contributed by atoms with Crippen molar-refractivity contribution < 1.29 is 19.1 Å². The number of hydrogen-bond donors (Lipinski definition) is 1. The van der Waals surface area contributed by atoms with E-state index >= 15 is 0 Å². The van der Waals surface area contributed by atoms with Gasteiger partial charge in [0.05, 0.1) is 23.2 Å². The summed E-state index contributed by atoms with van der Waals surface area (Å²) in [6, 6.07) is 3.88. The van der Waals surface area contributed by atoms with Crippen molar-refractivity contribution in [3.8, 4) is 0 Å². The monoisotopic (exact) mass is 394 g/mol. The average molecular weight is 395 g/mol. The molecule has 0 bridgehead atoms. The summed E-state index contributed by atoms with van der Waals surface area (Å²) in [4.78, 5) is 38.7. The standard InChI is InChI=1S/C20H27ClN2O4/c1-20(2,3)17(19(26)23-9-5-6-14(23)11-24)22-18(25)15-8-7-13(12-27-4)10-16(15)21/h7-8,10-11,14,17H,5-6,9,12H2,1-4H3,(H,22,25)/t14-,17+/m0/s1. The lowest BCUT2D eigenvalue weighted by Crippen LogP contribution is -2.56. The number of nitrogens with one attached hydrogen (secondary N) is 1. The van der Waals surface area contributed by atoms with Crippen molar-refractivity contribution in [2.75, 3.05) is 13.7 Å². The van der Waals surface area contributed by atoms with Crippen LogP contribution in [0.1, 0.15) is 49.5 Å². The molecule has 0 aromatic heterocycles. The lowest BCUT2D eigenvalue weighted by atomic mass is 9.85. The van der Waals surface area contributed by atoms with Crippen LogP contribution in [0.15, 0.2) is 18.2 Å². The van der Waals surface area contributed by atoms with E-state index in [2.05, 4.69) is 5.32 Å². The molecule has 6 nitrogen and oxygen atoms in total.